The Morgan fingerprint density at radius 3 is 1.54 bits per heavy atom. The van der Waals surface area contributed by atoms with Gasteiger partial charge in [0.25, 0.3) is 0 Å². The maximum absolute atomic E-state index is 5.34. The smallest absolute Gasteiger partial charge is 0.160 e. The van der Waals surface area contributed by atoms with Crippen LogP contribution in [0.5, 0.6) is 0 Å². The molecule has 0 N–H and O–H groups in total. The molecular weight excluding hydrogens is 645 g/mol. The molecule has 0 saturated heterocycles. The highest BCUT2D eigenvalue weighted by atomic mass is 32.1. The standard InChI is InChI=1S/C46H28N2S2/c1-3-13-29(14-4-1)40-28-41(48-46(47-40)30-15-5-2-6-16-30)39-27-31(32-19-11-21-37-34-17-7-9-23-42(34)49-44(32)37)25-26-33(39)36-20-12-22-38-35-18-8-10-24-43(35)50-45(36)38/h1-28H. The van der Waals surface area contributed by atoms with Crippen LogP contribution in [0, 0.1) is 0 Å². The van der Waals surface area contributed by atoms with E-state index in [0.29, 0.717) is 5.82 Å². The molecule has 50 heavy (non-hydrogen) atoms. The summed E-state index contributed by atoms with van der Waals surface area (Å²) in [5.41, 5.74) is 9.72. The average Bonchev–Trinajstić information content (AvgIpc) is 3.77. The van der Waals surface area contributed by atoms with Gasteiger partial charge in [0.15, 0.2) is 5.82 Å². The van der Waals surface area contributed by atoms with E-state index in [4.69, 9.17) is 9.97 Å². The molecule has 7 aromatic carbocycles. The van der Waals surface area contributed by atoms with Gasteiger partial charge in [-0.1, -0.05) is 146 Å². The molecule has 10 aromatic rings. The van der Waals surface area contributed by atoms with Gasteiger partial charge in [0.1, 0.15) is 0 Å². The minimum atomic E-state index is 0.713. The van der Waals surface area contributed by atoms with Crippen LogP contribution in [0.15, 0.2) is 170 Å². The molecule has 0 bridgehead atoms. The van der Waals surface area contributed by atoms with E-state index in [1.165, 1.54) is 57.0 Å². The summed E-state index contributed by atoms with van der Waals surface area (Å²) in [6.07, 6.45) is 0. The number of hydrogen-bond donors (Lipinski definition) is 0. The Kier molecular flexibility index (Phi) is 6.90. The summed E-state index contributed by atoms with van der Waals surface area (Å²) >= 11 is 3.73. The number of thiophene rings is 2. The van der Waals surface area contributed by atoms with Gasteiger partial charge in [-0.3, -0.25) is 0 Å². The number of nitrogens with zero attached hydrogens (tertiary/aromatic N) is 2. The van der Waals surface area contributed by atoms with E-state index in [2.05, 4.69) is 146 Å². The Hall–Kier alpha value is -5.94. The highest BCUT2D eigenvalue weighted by molar-refractivity contribution is 7.26. The molecule has 0 spiro atoms. The minimum Gasteiger partial charge on any atom is -0.228 e. The van der Waals surface area contributed by atoms with Gasteiger partial charge < -0.3 is 0 Å². The molecule has 3 aromatic heterocycles. The van der Waals surface area contributed by atoms with Gasteiger partial charge >= 0.3 is 0 Å². The first-order valence-electron chi connectivity index (χ1n) is 16.7. The van der Waals surface area contributed by atoms with Crippen molar-refractivity contribution in [3.05, 3.63) is 170 Å². The van der Waals surface area contributed by atoms with Crippen LogP contribution < -0.4 is 0 Å². The van der Waals surface area contributed by atoms with E-state index in [1.54, 1.807) is 0 Å². The third-order valence-corrected chi connectivity index (χ3v) is 12.0. The van der Waals surface area contributed by atoms with Gasteiger partial charge in [0.05, 0.1) is 11.4 Å². The SMILES string of the molecule is c1ccc(-c2cc(-c3cc(-c4cccc5c4sc4ccccc45)ccc3-c3cccc4c3sc3ccccc34)nc(-c3ccccc3)n2)cc1. The monoisotopic (exact) mass is 672 g/mol. The third kappa shape index (κ3) is 4.84. The highest BCUT2D eigenvalue weighted by Gasteiger charge is 2.19. The van der Waals surface area contributed by atoms with Crippen LogP contribution in [0.2, 0.25) is 0 Å². The summed E-state index contributed by atoms with van der Waals surface area (Å²) in [4.78, 5) is 10.5. The third-order valence-electron chi connectivity index (χ3n) is 9.53. The van der Waals surface area contributed by atoms with Crippen molar-refractivity contribution in [3.63, 3.8) is 0 Å². The number of hydrogen-bond acceptors (Lipinski definition) is 4. The lowest BCUT2D eigenvalue weighted by molar-refractivity contribution is 1.18. The molecule has 4 heteroatoms. The molecule has 0 saturated carbocycles. The molecule has 3 heterocycles. The highest BCUT2D eigenvalue weighted by Crippen LogP contribution is 2.46. The molecule has 10 rings (SSSR count). The fraction of sp³-hybridized carbons (Fsp3) is 0. The molecule has 0 amide bonds. The Morgan fingerprint density at radius 1 is 0.320 bits per heavy atom. The summed E-state index contributed by atoms with van der Waals surface area (Å²) in [6, 6.07) is 60.7. The molecule has 0 atom stereocenters. The van der Waals surface area contributed by atoms with Crippen molar-refractivity contribution in [2.24, 2.45) is 0 Å². The van der Waals surface area contributed by atoms with E-state index in [9.17, 15) is 0 Å². The summed E-state index contributed by atoms with van der Waals surface area (Å²) in [5.74, 6) is 0.713. The minimum absolute atomic E-state index is 0.713. The maximum atomic E-state index is 5.34. The Morgan fingerprint density at radius 2 is 0.860 bits per heavy atom. The first kappa shape index (κ1) is 29.0. The molecule has 0 aliphatic rings. The molecule has 234 valence electrons. The Bertz CT molecular complexity index is 2810. The second kappa shape index (κ2) is 11.9. The van der Waals surface area contributed by atoms with Crippen LogP contribution in [-0.2, 0) is 0 Å². The summed E-state index contributed by atoms with van der Waals surface area (Å²) in [7, 11) is 0. The lowest BCUT2D eigenvalue weighted by Crippen LogP contribution is -1.97. The fourth-order valence-corrected chi connectivity index (χ4v) is 9.62. The molecule has 0 radical (unpaired) electrons. The topological polar surface area (TPSA) is 25.8 Å². The Labute approximate surface area is 297 Å². The molecule has 0 unspecified atom stereocenters. The molecule has 2 nitrogen and oxygen atoms in total. The van der Waals surface area contributed by atoms with Crippen LogP contribution >= 0.6 is 22.7 Å². The zero-order chi connectivity index (χ0) is 33.0. The van der Waals surface area contributed by atoms with E-state index >= 15 is 0 Å². The van der Waals surface area contributed by atoms with Gasteiger partial charge in [0.2, 0.25) is 0 Å². The van der Waals surface area contributed by atoms with Crippen LogP contribution in [0.4, 0.5) is 0 Å². The second-order valence-corrected chi connectivity index (χ2v) is 14.6. The van der Waals surface area contributed by atoms with E-state index in [-0.39, 0.29) is 0 Å². The molecule has 0 aliphatic carbocycles. The lowest BCUT2D eigenvalue weighted by Gasteiger charge is -2.16. The van der Waals surface area contributed by atoms with Crippen molar-refractivity contribution in [1.82, 2.24) is 9.97 Å². The lowest BCUT2D eigenvalue weighted by atomic mass is 9.91. The van der Waals surface area contributed by atoms with E-state index < -0.39 is 0 Å². The largest absolute Gasteiger partial charge is 0.228 e. The van der Waals surface area contributed by atoms with E-state index in [0.717, 1.165) is 33.6 Å². The van der Waals surface area contributed by atoms with Crippen molar-refractivity contribution >= 4 is 63.0 Å². The predicted molar refractivity (Wildman–Crippen MR) is 215 cm³/mol. The van der Waals surface area contributed by atoms with Crippen LogP contribution in [0.25, 0.3) is 96.5 Å². The van der Waals surface area contributed by atoms with Crippen molar-refractivity contribution in [2.45, 2.75) is 0 Å². The van der Waals surface area contributed by atoms with Crippen molar-refractivity contribution in [2.75, 3.05) is 0 Å². The first-order chi connectivity index (χ1) is 24.8. The number of fused-ring (bicyclic) bond motifs is 6. The van der Waals surface area contributed by atoms with E-state index in [1.807, 2.05) is 46.9 Å². The van der Waals surface area contributed by atoms with Gasteiger partial charge in [-0.05, 0) is 41.0 Å². The first-order valence-corrected chi connectivity index (χ1v) is 18.4. The van der Waals surface area contributed by atoms with Crippen LogP contribution in [-0.4, -0.2) is 9.97 Å². The van der Waals surface area contributed by atoms with Crippen molar-refractivity contribution in [1.29, 1.82) is 0 Å². The van der Waals surface area contributed by atoms with Gasteiger partial charge in [0, 0.05) is 62.6 Å². The zero-order valence-corrected chi connectivity index (χ0v) is 28.5. The van der Waals surface area contributed by atoms with Crippen LogP contribution in [0.1, 0.15) is 0 Å². The maximum Gasteiger partial charge on any atom is 0.160 e. The Balaban J connectivity index is 1.27. The normalized spacial score (nSPS) is 11.6. The number of rotatable bonds is 5. The summed E-state index contributed by atoms with van der Waals surface area (Å²) in [5, 5.41) is 5.18. The van der Waals surface area contributed by atoms with Gasteiger partial charge in [-0.2, -0.15) is 0 Å². The van der Waals surface area contributed by atoms with Crippen molar-refractivity contribution in [3.8, 4) is 56.2 Å². The summed E-state index contributed by atoms with van der Waals surface area (Å²) in [6.45, 7) is 0. The zero-order valence-electron chi connectivity index (χ0n) is 26.9. The predicted octanol–water partition coefficient (Wildman–Crippen LogP) is 13.5. The number of aromatic nitrogens is 2. The number of benzene rings is 7. The molecule has 0 aliphatic heterocycles. The van der Waals surface area contributed by atoms with Gasteiger partial charge in [-0.15, -0.1) is 22.7 Å². The van der Waals surface area contributed by atoms with Crippen LogP contribution in [0.3, 0.4) is 0 Å². The quantitative estimate of drug-likeness (QED) is 0.182. The fourth-order valence-electron chi connectivity index (χ4n) is 7.15. The summed E-state index contributed by atoms with van der Waals surface area (Å²) < 4.78 is 5.19. The molecular formula is C46H28N2S2. The van der Waals surface area contributed by atoms with Gasteiger partial charge in [-0.25, -0.2) is 9.97 Å². The molecule has 0 fully saturated rings. The van der Waals surface area contributed by atoms with Crippen molar-refractivity contribution < 1.29 is 0 Å². The second-order valence-electron chi connectivity index (χ2n) is 12.5. The average molecular weight is 673 g/mol.